The van der Waals surface area contributed by atoms with Gasteiger partial charge in [-0.05, 0) is 24.8 Å². The summed E-state index contributed by atoms with van der Waals surface area (Å²) in [5.41, 5.74) is -0.114. The van der Waals surface area contributed by atoms with Crippen molar-refractivity contribution in [2.45, 2.75) is 38.0 Å². The molecule has 5 heteroatoms. The van der Waals surface area contributed by atoms with Gasteiger partial charge in [0.25, 0.3) is 6.43 Å². The van der Waals surface area contributed by atoms with E-state index in [4.69, 9.17) is 5.11 Å². The van der Waals surface area contributed by atoms with Gasteiger partial charge >= 0.3 is 5.97 Å². The van der Waals surface area contributed by atoms with Crippen LogP contribution in [0, 0.1) is 0 Å². The van der Waals surface area contributed by atoms with E-state index in [1.807, 2.05) is 0 Å². The van der Waals surface area contributed by atoms with Crippen molar-refractivity contribution in [2.24, 2.45) is 0 Å². The average Bonchev–Trinajstić information content (AvgIpc) is 2.86. The number of aromatic nitrogens is 1. The molecule has 0 unspecified atom stereocenters. The zero-order chi connectivity index (χ0) is 11.7. The molecule has 0 aliphatic heterocycles. The number of carboxylic acids is 1. The average molecular weight is 229 g/mol. The highest BCUT2D eigenvalue weighted by Gasteiger charge is 2.26. The van der Waals surface area contributed by atoms with E-state index < -0.39 is 18.1 Å². The Morgan fingerprint density at radius 2 is 2.06 bits per heavy atom. The minimum atomic E-state index is -2.76. The maximum Gasteiger partial charge on any atom is 0.337 e. The van der Waals surface area contributed by atoms with Gasteiger partial charge in [-0.3, -0.25) is 0 Å². The van der Waals surface area contributed by atoms with Gasteiger partial charge in [-0.1, -0.05) is 12.8 Å². The third-order valence-corrected chi connectivity index (χ3v) is 3.11. The first-order valence-corrected chi connectivity index (χ1v) is 5.34. The van der Waals surface area contributed by atoms with Crippen LogP contribution in [0.1, 0.15) is 59.8 Å². The zero-order valence-corrected chi connectivity index (χ0v) is 8.67. The number of aromatic amines is 1. The van der Waals surface area contributed by atoms with Gasteiger partial charge in [0.15, 0.2) is 0 Å². The predicted octanol–water partition coefficient (Wildman–Crippen LogP) is 3.31. The lowest BCUT2D eigenvalue weighted by Crippen LogP contribution is -1.99. The molecule has 1 aromatic rings. The van der Waals surface area contributed by atoms with Gasteiger partial charge in [0.2, 0.25) is 0 Å². The van der Waals surface area contributed by atoms with Crippen molar-refractivity contribution in [2.75, 3.05) is 0 Å². The van der Waals surface area contributed by atoms with Crippen molar-refractivity contribution in [3.8, 4) is 0 Å². The molecule has 0 aromatic carbocycles. The summed E-state index contributed by atoms with van der Waals surface area (Å²) in [6.45, 7) is 0. The Morgan fingerprint density at radius 3 is 2.50 bits per heavy atom. The second-order valence-electron chi connectivity index (χ2n) is 4.14. The highest BCUT2D eigenvalue weighted by Crippen LogP contribution is 2.35. The molecular formula is C11H13F2NO2. The highest BCUT2D eigenvalue weighted by molar-refractivity contribution is 5.89. The van der Waals surface area contributed by atoms with Crippen molar-refractivity contribution in [1.29, 1.82) is 0 Å². The number of hydrogen-bond donors (Lipinski definition) is 2. The molecule has 0 atom stereocenters. The lowest BCUT2D eigenvalue weighted by molar-refractivity contribution is 0.0684. The molecule has 0 radical (unpaired) electrons. The predicted molar refractivity (Wildman–Crippen MR) is 53.9 cm³/mol. The molecule has 16 heavy (non-hydrogen) atoms. The van der Waals surface area contributed by atoms with Crippen LogP contribution in [0.2, 0.25) is 0 Å². The van der Waals surface area contributed by atoms with Crippen molar-refractivity contribution >= 4 is 5.97 Å². The number of halogens is 2. The van der Waals surface area contributed by atoms with Crippen LogP contribution < -0.4 is 0 Å². The summed E-state index contributed by atoms with van der Waals surface area (Å²) < 4.78 is 25.2. The lowest BCUT2D eigenvalue weighted by atomic mass is 10.0. The molecule has 3 nitrogen and oxygen atoms in total. The lowest BCUT2D eigenvalue weighted by Gasteiger charge is -2.05. The summed E-state index contributed by atoms with van der Waals surface area (Å²) in [5.74, 6) is -1.08. The number of alkyl halides is 2. The van der Waals surface area contributed by atoms with Gasteiger partial charge in [0, 0.05) is 5.69 Å². The smallest absolute Gasteiger partial charge is 0.337 e. The van der Waals surface area contributed by atoms with Crippen LogP contribution in [-0.2, 0) is 0 Å². The van der Waals surface area contributed by atoms with Gasteiger partial charge in [-0.25, -0.2) is 13.6 Å². The number of hydrogen-bond acceptors (Lipinski definition) is 1. The Kier molecular flexibility index (Phi) is 2.94. The van der Waals surface area contributed by atoms with E-state index in [1.165, 1.54) is 6.07 Å². The summed E-state index contributed by atoms with van der Waals surface area (Å²) in [4.78, 5) is 13.4. The zero-order valence-electron chi connectivity index (χ0n) is 8.67. The van der Waals surface area contributed by atoms with Crippen LogP contribution in [0.25, 0.3) is 0 Å². The van der Waals surface area contributed by atoms with E-state index in [9.17, 15) is 13.6 Å². The first-order valence-electron chi connectivity index (χ1n) is 5.34. The molecule has 2 rings (SSSR count). The normalized spacial score (nSPS) is 17.2. The maximum absolute atomic E-state index is 12.6. The monoisotopic (exact) mass is 229 g/mol. The number of nitrogens with one attached hydrogen (secondary N) is 1. The number of aromatic carboxylic acids is 1. The first kappa shape index (κ1) is 11.1. The quantitative estimate of drug-likeness (QED) is 0.835. The van der Waals surface area contributed by atoms with Crippen LogP contribution in [-0.4, -0.2) is 16.1 Å². The number of rotatable bonds is 3. The van der Waals surface area contributed by atoms with Gasteiger partial charge in [0.1, 0.15) is 0 Å². The SMILES string of the molecule is O=C(O)c1cc(C2CCCC2)[nH]c1C(F)F. The fourth-order valence-corrected chi connectivity index (χ4v) is 2.30. The maximum atomic E-state index is 12.6. The molecule has 0 spiro atoms. The summed E-state index contributed by atoms with van der Waals surface area (Å²) in [6, 6.07) is 1.36. The second kappa shape index (κ2) is 4.23. The van der Waals surface area contributed by atoms with E-state index in [0.717, 1.165) is 25.7 Å². The summed E-state index contributed by atoms with van der Waals surface area (Å²) in [6.07, 6.45) is 1.29. The van der Waals surface area contributed by atoms with E-state index in [0.29, 0.717) is 5.69 Å². The minimum absolute atomic E-state index is 0.214. The van der Waals surface area contributed by atoms with E-state index >= 15 is 0 Å². The van der Waals surface area contributed by atoms with Crippen LogP contribution >= 0.6 is 0 Å². The molecule has 1 saturated carbocycles. The highest BCUT2D eigenvalue weighted by atomic mass is 19.3. The standard InChI is InChI=1S/C11H13F2NO2/c12-10(13)9-7(11(15)16)5-8(14-9)6-3-1-2-4-6/h5-6,10,14H,1-4H2,(H,15,16). The fraction of sp³-hybridized carbons (Fsp3) is 0.545. The molecule has 0 amide bonds. The Hall–Kier alpha value is -1.39. The molecule has 1 aliphatic rings. The third kappa shape index (κ3) is 1.94. The van der Waals surface area contributed by atoms with Crippen LogP contribution in [0.5, 0.6) is 0 Å². The molecule has 1 fully saturated rings. The van der Waals surface area contributed by atoms with Crippen molar-refractivity contribution in [3.63, 3.8) is 0 Å². The van der Waals surface area contributed by atoms with Gasteiger partial charge < -0.3 is 10.1 Å². The molecule has 88 valence electrons. The first-order chi connectivity index (χ1) is 7.59. The Labute approximate surface area is 91.5 Å². The van der Waals surface area contributed by atoms with Crippen LogP contribution in [0.3, 0.4) is 0 Å². The van der Waals surface area contributed by atoms with Crippen molar-refractivity contribution in [1.82, 2.24) is 4.98 Å². The van der Waals surface area contributed by atoms with Gasteiger partial charge in [0.05, 0.1) is 11.3 Å². The number of carbonyl (C=O) groups is 1. The van der Waals surface area contributed by atoms with Gasteiger partial charge in [-0.2, -0.15) is 0 Å². The van der Waals surface area contributed by atoms with Crippen LogP contribution in [0.4, 0.5) is 8.78 Å². The molecule has 0 bridgehead atoms. The van der Waals surface area contributed by atoms with E-state index in [2.05, 4.69) is 4.98 Å². The fourth-order valence-electron chi connectivity index (χ4n) is 2.30. The summed E-state index contributed by atoms with van der Waals surface area (Å²) in [7, 11) is 0. The van der Waals surface area contributed by atoms with Crippen LogP contribution in [0.15, 0.2) is 6.07 Å². The third-order valence-electron chi connectivity index (χ3n) is 3.11. The largest absolute Gasteiger partial charge is 0.478 e. The number of carboxylic acid groups (broad SMARTS) is 1. The second-order valence-corrected chi connectivity index (χ2v) is 4.14. The van der Waals surface area contributed by atoms with E-state index in [1.54, 1.807) is 0 Å². The topological polar surface area (TPSA) is 53.1 Å². The molecule has 1 aromatic heterocycles. The Morgan fingerprint density at radius 1 is 1.44 bits per heavy atom. The van der Waals surface area contributed by atoms with Gasteiger partial charge in [-0.15, -0.1) is 0 Å². The Balaban J connectivity index is 2.34. The molecular weight excluding hydrogens is 216 g/mol. The summed E-state index contributed by atoms with van der Waals surface area (Å²) >= 11 is 0. The Bertz CT molecular complexity index is 395. The number of H-pyrrole nitrogens is 1. The molecule has 0 saturated heterocycles. The van der Waals surface area contributed by atoms with Crippen molar-refractivity contribution in [3.05, 3.63) is 23.0 Å². The molecule has 1 heterocycles. The molecule has 2 N–H and O–H groups in total. The minimum Gasteiger partial charge on any atom is -0.478 e. The summed E-state index contributed by atoms with van der Waals surface area (Å²) in [5, 5.41) is 8.82. The molecule has 1 aliphatic carbocycles. The van der Waals surface area contributed by atoms with Crippen molar-refractivity contribution < 1.29 is 18.7 Å². The van der Waals surface area contributed by atoms with E-state index in [-0.39, 0.29) is 11.5 Å².